The summed E-state index contributed by atoms with van der Waals surface area (Å²) in [5.41, 5.74) is 0.311. The highest BCUT2D eigenvalue weighted by Crippen LogP contribution is 2.36. The first-order chi connectivity index (χ1) is 7.05. The average Bonchev–Trinajstić information content (AvgIpc) is 2.18. The van der Waals surface area contributed by atoms with Crippen molar-refractivity contribution in [3.05, 3.63) is 0 Å². The van der Waals surface area contributed by atoms with Gasteiger partial charge in [0.05, 0.1) is 12.2 Å². The summed E-state index contributed by atoms with van der Waals surface area (Å²) in [6.07, 6.45) is 3.56. The van der Waals surface area contributed by atoms with Crippen molar-refractivity contribution in [3.8, 4) is 0 Å². The molecule has 1 aliphatic rings. The summed E-state index contributed by atoms with van der Waals surface area (Å²) in [5.74, 6) is 0. The Morgan fingerprint density at radius 3 is 2.73 bits per heavy atom. The number of hydrogen-bond acceptors (Lipinski definition) is 3. The summed E-state index contributed by atoms with van der Waals surface area (Å²) >= 11 is 0. The molecule has 3 nitrogen and oxygen atoms in total. The molecule has 15 heavy (non-hydrogen) atoms. The van der Waals surface area contributed by atoms with Crippen LogP contribution in [0.25, 0.3) is 0 Å². The lowest BCUT2D eigenvalue weighted by atomic mass is 9.75. The van der Waals surface area contributed by atoms with Crippen LogP contribution in [-0.2, 0) is 9.47 Å². The molecule has 0 aromatic rings. The standard InChI is InChI=1S/C12H24O3/c1-12(2)6-5-10(13)11(9-12)15-8-4-7-14-3/h10-11,13H,4-9H2,1-3H3. The number of aliphatic hydroxyl groups is 1. The van der Waals surface area contributed by atoms with Gasteiger partial charge in [-0.1, -0.05) is 13.8 Å². The molecule has 1 rings (SSSR count). The molecule has 90 valence electrons. The quantitative estimate of drug-likeness (QED) is 0.714. The van der Waals surface area contributed by atoms with E-state index >= 15 is 0 Å². The lowest BCUT2D eigenvalue weighted by Gasteiger charge is -2.38. The van der Waals surface area contributed by atoms with Crippen LogP contribution in [0.5, 0.6) is 0 Å². The molecule has 2 atom stereocenters. The molecule has 3 heteroatoms. The minimum Gasteiger partial charge on any atom is -0.390 e. The highest BCUT2D eigenvalue weighted by Gasteiger charge is 2.34. The fraction of sp³-hybridized carbons (Fsp3) is 1.00. The van der Waals surface area contributed by atoms with Gasteiger partial charge in [-0.15, -0.1) is 0 Å². The second-order valence-corrected chi connectivity index (χ2v) is 5.23. The maximum absolute atomic E-state index is 9.80. The normalized spacial score (nSPS) is 30.4. The summed E-state index contributed by atoms with van der Waals surface area (Å²) in [5, 5.41) is 9.80. The lowest BCUT2D eigenvalue weighted by molar-refractivity contribution is -0.0883. The summed E-state index contributed by atoms with van der Waals surface area (Å²) < 4.78 is 10.7. The third-order valence-electron chi connectivity index (χ3n) is 3.12. The topological polar surface area (TPSA) is 38.7 Å². The molecule has 0 spiro atoms. The van der Waals surface area contributed by atoms with E-state index in [9.17, 15) is 5.11 Å². The van der Waals surface area contributed by atoms with E-state index in [4.69, 9.17) is 9.47 Å². The Morgan fingerprint density at radius 2 is 2.07 bits per heavy atom. The second-order valence-electron chi connectivity index (χ2n) is 5.23. The maximum atomic E-state index is 9.80. The van der Waals surface area contributed by atoms with Gasteiger partial charge in [-0.3, -0.25) is 0 Å². The summed E-state index contributed by atoms with van der Waals surface area (Å²) in [4.78, 5) is 0. The third-order valence-corrected chi connectivity index (χ3v) is 3.12. The second kappa shape index (κ2) is 5.83. The van der Waals surface area contributed by atoms with Crippen molar-refractivity contribution >= 4 is 0 Å². The Labute approximate surface area is 92.8 Å². The molecule has 1 saturated carbocycles. The molecule has 0 aliphatic heterocycles. The van der Waals surface area contributed by atoms with Crippen LogP contribution in [-0.4, -0.2) is 37.6 Å². The SMILES string of the molecule is COCCCOC1CC(C)(C)CCC1O. The molecule has 1 aliphatic carbocycles. The summed E-state index contributed by atoms with van der Waals surface area (Å²) in [7, 11) is 1.69. The Hall–Kier alpha value is -0.120. The van der Waals surface area contributed by atoms with Crippen LogP contribution in [0.3, 0.4) is 0 Å². The van der Waals surface area contributed by atoms with Crippen molar-refractivity contribution < 1.29 is 14.6 Å². The van der Waals surface area contributed by atoms with E-state index in [-0.39, 0.29) is 12.2 Å². The molecule has 1 N–H and O–H groups in total. The van der Waals surface area contributed by atoms with Crippen molar-refractivity contribution in [1.29, 1.82) is 0 Å². The lowest BCUT2D eigenvalue weighted by Crippen LogP contribution is -2.39. The van der Waals surface area contributed by atoms with Gasteiger partial charge in [-0.05, 0) is 31.1 Å². The molecular formula is C12H24O3. The van der Waals surface area contributed by atoms with Crippen LogP contribution in [0.2, 0.25) is 0 Å². The largest absolute Gasteiger partial charge is 0.390 e. The molecular weight excluding hydrogens is 192 g/mol. The number of rotatable bonds is 5. The van der Waals surface area contributed by atoms with Crippen molar-refractivity contribution in [2.75, 3.05) is 20.3 Å². The van der Waals surface area contributed by atoms with E-state index in [1.54, 1.807) is 7.11 Å². The zero-order valence-electron chi connectivity index (χ0n) is 10.2. The van der Waals surface area contributed by atoms with Gasteiger partial charge in [0.1, 0.15) is 0 Å². The van der Waals surface area contributed by atoms with Gasteiger partial charge in [0.15, 0.2) is 0 Å². The predicted molar refractivity (Wildman–Crippen MR) is 59.9 cm³/mol. The van der Waals surface area contributed by atoms with E-state index in [0.29, 0.717) is 12.0 Å². The first kappa shape index (κ1) is 12.9. The zero-order chi connectivity index (χ0) is 11.3. The van der Waals surface area contributed by atoms with Crippen molar-refractivity contribution in [3.63, 3.8) is 0 Å². The fourth-order valence-electron chi connectivity index (χ4n) is 2.12. The monoisotopic (exact) mass is 216 g/mol. The number of hydrogen-bond donors (Lipinski definition) is 1. The van der Waals surface area contributed by atoms with Gasteiger partial charge in [0.2, 0.25) is 0 Å². The van der Waals surface area contributed by atoms with E-state index in [1.165, 1.54) is 0 Å². The molecule has 1 fully saturated rings. The summed E-state index contributed by atoms with van der Waals surface area (Å²) in [6, 6.07) is 0. The number of ether oxygens (including phenoxy) is 2. The summed E-state index contributed by atoms with van der Waals surface area (Å²) in [6.45, 7) is 5.90. The average molecular weight is 216 g/mol. The minimum atomic E-state index is -0.277. The highest BCUT2D eigenvalue weighted by molar-refractivity contribution is 4.85. The van der Waals surface area contributed by atoms with E-state index < -0.39 is 0 Å². The first-order valence-electron chi connectivity index (χ1n) is 5.84. The molecule has 0 radical (unpaired) electrons. The van der Waals surface area contributed by atoms with Crippen LogP contribution in [0.15, 0.2) is 0 Å². The van der Waals surface area contributed by atoms with Gasteiger partial charge >= 0.3 is 0 Å². The minimum absolute atomic E-state index is 0.0191. The molecule has 0 amide bonds. The van der Waals surface area contributed by atoms with Crippen LogP contribution >= 0.6 is 0 Å². The molecule has 0 bridgehead atoms. The first-order valence-corrected chi connectivity index (χ1v) is 5.84. The van der Waals surface area contributed by atoms with Gasteiger partial charge in [0, 0.05) is 20.3 Å². The van der Waals surface area contributed by atoms with Crippen LogP contribution < -0.4 is 0 Å². The molecule has 0 heterocycles. The Bertz CT molecular complexity index is 180. The smallest absolute Gasteiger partial charge is 0.0839 e. The van der Waals surface area contributed by atoms with Gasteiger partial charge in [0.25, 0.3) is 0 Å². The number of aliphatic hydroxyl groups excluding tert-OH is 1. The Balaban J connectivity index is 2.25. The van der Waals surface area contributed by atoms with E-state index in [2.05, 4.69) is 13.8 Å². The zero-order valence-corrected chi connectivity index (χ0v) is 10.2. The van der Waals surface area contributed by atoms with Gasteiger partial charge in [-0.2, -0.15) is 0 Å². The molecule has 0 aromatic heterocycles. The molecule has 2 unspecified atom stereocenters. The van der Waals surface area contributed by atoms with Crippen LogP contribution in [0, 0.1) is 5.41 Å². The van der Waals surface area contributed by atoms with Crippen LogP contribution in [0.4, 0.5) is 0 Å². The Morgan fingerprint density at radius 1 is 1.33 bits per heavy atom. The highest BCUT2D eigenvalue weighted by atomic mass is 16.5. The van der Waals surface area contributed by atoms with Gasteiger partial charge in [-0.25, -0.2) is 0 Å². The number of methoxy groups -OCH3 is 1. The Kier molecular flexibility index (Phi) is 5.03. The predicted octanol–water partition coefficient (Wildman–Crippen LogP) is 1.98. The van der Waals surface area contributed by atoms with E-state index in [1.807, 2.05) is 0 Å². The third kappa shape index (κ3) is 4.49. The fourth-order valence-corrected chi connectivity index (χ4v) is 2.12. The molecule has 0 aromatic carbocycles. The van der Waals surface area contributed by atoms with Crippen molar-refractivity contribution in [2.45, 2.75) is 51.7 Å². The molecule has 0 saturated heterocycles. The van der Waals surface area contributed by atoms with Gasteiger partial charge < -0.3 is 14.6 Å². The van der Waals surface area contributed by atoms with Crippen LogP contribution in [0.1, 0.15) is 39.5 Å². The van der Waals surface area contributed by atoms with Crippen molar-refractivity contribution in [1.82, 2.24) is 0 Å². The van der Waals surface area contributed by atoms with E-state index in [0.717, 1.165) is 32.3 Å². The maximum Gasteiger partial charge on any atom is 0.0839 e. The van der Waals surface area contributed by atoms with Crippen molar-refractivity contribution in [2.24, 2.45) is 5.41 Å².